The van der Waals surface area contributed by atoms with E-state index in [1.807, 2.05) is 24.3 Å². The van der Waals surface area contributed by atoms with E-state index in [-0.39, 0.29) is 42.9 Å². The number of aromatic nitrogens is 1. The van der Waals surface area contributed by atoms with Gasteiger partial charge in [-0.25, -0.2) is 4.79 Å². The van der Waals surface area contributed by atoms with Crippen LogP contribution in [0.4, 0.5) is 4.79 Å². The number of fused-ring (bicyclic) bond motifs is 1. The molecule has 9 heteroatoms. The van der Waals surface area contributed by atoms with Gasteiger partial charge in [-0.1, -0.05) is 18.2 Å². The summed E-state index contributed by atoms with van der Waals surface area (Å²) in [5.74, 6) is -0.748. The fraction of sp³-hybridized carbons (Fsp3) is 0.500. The number of nitrogens with zero attached hydrogens (tertiary/aromatic N) is 2. The first-order valence-corrected chi connectivity index (χ1v) is 11.2. The zero-order chi connectivity index (χ0) is 24.2. The molecule has 2 heterocycles. The van der Waals surface area contributed by atoms with Crippen molar-refractivity contribution in [1.29, 1.82) is 0 Å². The number of nitrogens with one attached hydrogen (secondary N) is 2. The molecule has 2 N–H and O–H groups in total. The van der Waals surface area contributed by atoms with Gasteiger partial charge in [-0.15, -0.1) is 0 Å². The maximum atomic E-state index is 13.3. The first kappa shape index (κ1) is 24.3. The summed E-state index contributed by atoms with van der Waals surface area (Å²) < 4.78 is 6.68. The molecule has 9 nitrogen and oxygen atoms in total. The van der Waals surface area contributed by atoms with E-state index in [9.17, 15) is 19.2 Å². The number of hydrogen-bond acceptors (Lipinski definition) is 5. The van der Waals surface area contributed by atoms with Crippen LogP contribution in [0.5, 0.6) is 0 Å². The summed E-state index contributed by atoms with van der Waals surface area (Å²) in [4.78, 5) is 51.6. The lowest BCUT2D eigenvalue weighted by molar-refractivity contribution is -0.126. The normalized spacial score (nSPS) is 16.4. The molecule has 1 atom stereocenters. The highest BCUT2D eigenvalue weighted by atomic mass is 16.6. The summed E-state index contributed by atoms with van der Waals surface area (Å²) >= 11 is 0. The van der Waals surface area contributed by atoms with Crippen LogP contribution >= 0.6 is 0 Å². The Morgan fingerprint density at radius 2 is 1.82 bits per heavy atom. The molecule has 0 bridgehead atoms. The average molecular weight is 457 g/mol. The number of alkyl carbamates (subject to hydrolysis) is 1. The highest BCUT2D eigenvalue weighted by Crippen LogP contribution is 2.22. The van der Waals surface area contributed by atoms with Crippen LogP contribution in [0.3, 0.4) is 0 Å². The minimum Gasteiger partial charge on any atom is -0.444 e. The van der Waals surface area contributed by atoms with E-state index in [1.54, 1.807) is 32.7 Å². The molecule has 178 valence electrons. The number of rotatable bonds is 5. The molecule has 1 aromatic carbocycles. The van der Waals surface area contributed by atoms with Crippen molar-refractivity contribution in [1.82, 2.24) is 20.1 Å². The van der Waals surface area contributed by atoms with Crippen molar-refractivity contribution in [2.24, 2.45) is 13.0 Å². The Morgan fingerprint density at radius 1 is 1.12 bits per heavy atom. The zero-order valence-electron chi connectivity index (χ0n) is 19.6. The number of aryl methyl sites for hydroxylation is 1. The van der Waals surface area contributed by atoms with E-state index in [1.165, 1.54) is 10.6 Å². The minimum absolute atomic E-state index is 0.160. The van der Waals surface area contributed by atoms with Crippen molar-refractivity contribution in [3.8, 4) is 0 Å². The van der Waals surface area contributed by atoms with Gasteiger partial charge in [0.15, 0.2) is 0 Å². The van der Waals surface area contributed by atoms with Crippen molar-refractivity contribution in [3.63, 3.8) is 0 Å². The molecule has 33 heavy (non-hydrogen) atoms. The van der Waals surface area contributed by atoms with E-state index < -0.39 is 11.7 Å². The zero-order valence-corrected chi connectivity index (χ0v) is 19.6. The first-order chi connectivity index (χ1) is 15.6. The molecule has 1 aromatic heterocycles. The number of piperidine rings is 1. The lowest BCUT2D eigenvalue weighted by atomic mass is 9.96. The Balaban J connectivity index is 1.59. The van der Waals surface area contributed by atoms with E-state index >= 15 is 0 Å². The van der Waals surface area contributed by atoms with Gasteiger partial charge >= 0.3 is 6.09 Å². The van der Waals surface area contributed by atoms with Crippen LogP contribution in [0.1, 0.15) is 44.0 Å². The second kappa shape index (κ2) is 10.1. The van der Waals surface area contributed by atoms with E-state index in [0.717, 1.165) is 0 Å². The van der Waals surface area contributed by atoms with Gasteiger partial charge in [-0.3, -0.25) is 14.4 Å². The summed E-state index contributed by atoms with van der Waals surface area (Å²) in [6.07, 6.45) is 0.835. The quantitative estimate of drug-likeness (QED) is 0.669. The van der Waals surface area contributed by atoms with Crippen LogP contribution in [-0.2, 0) is 16.6 Å². The molecule has 0 spiro atoms. The molecular formula is C24H32N4O5. The summed E-state index contributed by atoms with van der Waals surface area (Å²) in [5, 5.41) is 6.13. The van der Waals surface area contributed by atoms with Gasteiger partial charge in [0.1, 0.15) is 5.60 Å². The summed E-state index contributed by atoms with van der Waals surface area (Å²) in [6.45, 7) is 6.67. The third-order valence-corrected chi connectivity index (χ3v) is 5.56. The smallest absolute Gasteiger partial charge is 0.407 e. The molecule has 3 amide bonds. The molecule has 0 saturated carbocycles. The number of pyridine rings is 1. The Kier molecular flexibility index (Phi) is 7.40. The third-order valence-electron chi connectivity index (χ3n) is 5.56. The van der Waals surface area contributed by atoms with Gasteiger partial charge in [-0.05, 0) is 39.7 Å². The van der Waals surface area contributed by atoms with Crippen LogP contribution in [-0.4, -0.2) is 59.2 Å². The van der Waals surface area contributed by atoms with Crippen molar-refractivity contribution < 1.29 is 19.1 Å². The number of amides is 3. The average Bonchev–Trinajstić information content (AvgIpc) is 2.77. The Hall–Kier alpha value is -3.36. The maximum Gasteiger partial charge on any atom is 0.407 e. The van der Waals surface area contributed by atoms with Gasteiger partial charge in [-0.2, -0.15) is 0 Å². The highest BCUT2D eigenvalue weighted by Gasteiger charge is 2.30. The molecule has 1 fully saturated rings. The van der Waals surface area contributed by atoms with Crippen LogP contribution in [0.15, 0.2) is 35.1 Å². The summed E-state index contributed by atoms with van der Waals surface area (Å²) in [6, 6.07) is 8.67. The number of likely N-dealkylation sites (tertiary alicyclic amines) is 1. The van der Waals surface area contributed by atoms with Crippen molar-refractivity contribution in [3.05, 3.63) is 46.2 Å². The molecule has 0 radical (unpaired) electrons. The first-order valence-electron chi connectivity index (χ1n) is 11.2. The van der Waals surface area contributed by atoms with Crippen LogP contribution < -0.4 is 16.2 Å². The van der Waals surface area contributed by atoms with Gasteiger partial charge < -0.3 is 24.8 Å². The van der Waals surface area contributed by atoms with Gasteiger partial charge in [0.2, 0.25) is 5.91 Å². The lowest BCUT2D eigenvalue weighted by Crippen LogP contribution is -2.47. The Morgan fingerprint density at radius 3 is 2.55 bits per heavy atom. The van der Waals surface area contributed by atoms with Crippen molar-refractivity contribution >= 4 is 28.8 Å². The molecule has 1 aliphatic heterocycles. The molecular weight excluding hydrogens is 424 g/mol. The fourth-order valence-electron chi connectivity index (χ4n) is 3.94. The van der Waals surface area contributed by atoms with Gasteiger partial charge in [0.25, 0.3) is 11.5 Å². The number of benzene rings is 1. The van der Waals surface area contributed by atoms with Crippen LogP contribution in [0.25, 0.3) is 10.9 Å². The maximum absolute atomic E-state index is 13.3. The fourth-order valence-corrected chi connectivity index (χ4v) is 3.94. The second-order valence-electron chi connectivity index (χ2n) is 9.28. The lowest BCUT2D eigenvalue weighted by Gasteiger charge is -2.32. The second-order valence-corrected chi connectivity index (χ2v) is 9.28. The Bertz CT molecular complexity index is 1100. The predicted octanol–water partition coefficient (Wildman–Crippen LogP) is 2.03. The summed E-state index contributed by atoms with van der Waals surface area (Å²) in [5.41, 5.74) is 0.217. The topological polar surface area (TPSA) is 110 Å². The SMILES string of the molecule is Cn1c(=O)cc(C(=O)N2CCCC(C(=O)NCCNC(=O)OC(C)(C)C)C2)c2ccccc21. The third kappa shape index (κ3) is 6.12. The van der Waals surface area contributed by atoms with Crippen molar-refractivity contribution in [2.75, 3.05) is 26.2 Å². The van der Waals surface area contributed by atoms with E-state index in [4.69, 9.17) is 4.74 Å². The molecule has 3 rings (SSSR count). The monoisotopic (exact) mass is 456 g/mol. The Labute approximate surface area is 193 Å². The molecule has 1 unspecified atom stereocenters. The van der Waals surface area contributed by atoms with Crippen molar-refractivity contribution in [2.45, 2.75) is 39.2 Å². The van der Waals surface area contributed by atoms with E-state index in [0.29, 0.717) is 35.9 Å². The van der Waals surface area contributed by atoms with E-state index in [2.05, 4.69) is 10.6 Å². The number of hydrogen-bond donors (Lipinski definition) is 2. The molecule has 1 saturated heterocycles. The van der Waals surface area contributed by atoms with Gasteiger partial charge in [0.05, 0.1) is 17.0 Å². The predicted molar refractivity (Wildman–Crippen MR) is 125 cm³/mol. The van der Waals surface area contributed by atoms with Gasteiger partial charge in [0, 0.05) is 44.7 Å². The number of ether oxygens (including phenoxy) is 1. The summed E-state index contributed by atoms with van der Waals surface area (Å²) in [7, 11) is 1.68. The minimum atomic E-state index is -0.584. The van der Waals surface area contributed by atoms with Crippen LogP contribution in [0, 0.1) is 5.92 Å². The van der Waals surface area contributed by atoms with Crippen LogP contribution in [0.2, 0.25) is 0 Å². The number of carbonyl (C=O) groups excluding carboxylic acids is 3. The standard InChI is InChI=1S/C24H32N4O5/c1-24(2,3)33-23(32)26-12-11-25-21(30)16-8-7-13-28(15-16)22(31)18-14-20(29)27(4)19-10-6-5-9-17(18)19/h5-6,9-10,14,16H,7-8,11-13,15H2,1-4H3,(H,25,30)(H,26,32). The molecule has 0 aliphatic carbocycles. The molecule has 2 aromatic rings. The largest absolute Gasteiger partial charge is 0.444 e. The number of carbonyl (C=O) groups is 3. The molecule has 1 aliphatic rings. The highest BCUT2D eigenvalue weighted by molar-refractivity contribution is 6.06. The number of para-hydroxylation sites is 1.